The fraction of sp³-hybridized carbons (Fsp3) is 0.571. The summed E-state index contributed by atoms with van der Waals surface area (Å²) < 4.78 is 0. The minimum Gasteiger partial charge on any atom is -0.355 e. The van der Waals surface area contributed by atoms with Gasteiger partial charge in [-0.25, -0.2) is 4.98 Å². The molecule has 0 spiro atoms. The summed E-state index contributed by atoms with van der Waals surface area (Å²) in [6.07, 6.45) is 5.21. The van der Waals surface area contributed by atoms with Gasteiger partial charge in [-0.2, -0.15) is 5.26 Å². The third-order valence-electron chi connectivity index (χ3n) is 3.71. The molecule has 19 heavy (non-hydrogen) atoms. The van der Waals surface area contributed by atoms with Gasteiger partial charge in [0.05, 0.1) is 5.56 Å². The van der Waals surface area contributed by atoms with Gasteiger partial charge in [-0.15, -0.1) is 0 Å². The molecule has 0 bridgehead atoms. The van der Waals surface area contributed by atoms with Crippen LogP contribution >= 0.6 is 11.6 Å². The molecule has 1 aromatic rings. The SMILES string of the molecule is CNCCC1CCN(c2nccc(C#N)c2Cl)CC1. The number of nitrogens with zero attached hydrogens (tertiary/aromatic N) is 3. The van der Waals surface area contributed by atoms with E-state index in [0.29, 0.717) is 10.6 Å². The summed E-state index contributed by atoms with van der Waals surface area (Å²) in [5.41, 5.74) is 0.504. The molecule has 1 aliphatic rings. The van der Waals surface area contributed by atoms with E-state index < -0.39 is 0 Å². The number of rotatable bonds is 4. The van der Waals surface area contributed by atoms with Gasteiger partial charge in [-0.1, -0.05) is 11.6 Å². The monoisotopic (exact) mass is 278 g/mol. The van der Waals surface area contributed by atoms with Gasteiger partial charge >= 0.3 is 0 Å². The molecule has 0 aliphatic carbocycles. The summed E-state index contributed by atoms with van der Waals surface area (Å²) in [5.74, 6) is 1.54. The maximum atomic E-state index is 8.99. The predicted octanol–water partition coefficient (Wildman–Crippen LogP) is 2.43. The molecule has 1 aliphatic heterocycles. The number of anilines is 1. The highest BCUT2D eigenvalue weighted by Gasteiger charge is 2.22. The number of hydrogen-bond acceptors (Lipinski definition) is 4. The highest BCUT2D eigenvalue weighted by atomic mass is 35.5. The summed E-state index contributed by atoms with van der Waals surface area (Å²) in [7, 11) is 1.99. The molecule has 1 fully saturated rings. The van der Waals surface area contributed by atoms with E-state index in [-0.39, 0.29) is 0 Å². The Bertz CT molecular complexity index is 461. The molecule has 2 heterocycles. The van der Waals surface area contributed by atoms with Crippen LogP contribution in [0, 0.1) is 17.2 Å². The summed E-state index contributed by atoms with van der Waals surface area (Å²) in [5, 5.41) is 12.7. The van der Waals surface area contributed by atoms with Gasteiger partial charge in [0.25, 0.3) is 0 Å². The normalized spacial score (nSPS) is 16.4. The van der Waals surface area contributed by atoms with Crippen molar-refractivity contribution in [3.8, 4) is 6.07 Å². The molecule has 5 heteroatoms. The van der Waals surface area contributed by atoms with E-state index in [0.717, 1.165) is 44.2 Å². The van der Waals surface area contributed by atoms with Crippen LogP contribution in [0.4, 0.5) is 5.82 Å². The highest BCUT2D eigenvalue weighted by molar-refractivity contribution is 6.34. The maximum absolute atomic E-state index is 8.99. The quantitative estimate of drug-likeness (QED) is 0.919. The smallest absolute Gasteiger partial charge is 0.148 e. The first-order valence-corrected chi connectivity index (χ1v) is 7.08. The summed E-state index contributed by atoms with van der Waals surface area (Å²) in [4.78, 5) is 6.52. The van der Waals surface area contributed by atoms with E-state index in [4.69, 9.17) is 16.9 Å². The van der Waals surface area contributed by atoms with Crippen LogP contribution in [0.1, 0.15) is 24.8 Å². The molecule has 1 aromatic heterocycles. The molecule has 0 amide bonds. The van der Waals surface area contributed by atoms with Crippen molar-refractivity contribution in [3.05, 3.63) is 22.8 Å². The lowest BCUT2D eigenvalue weighted by atomic mass is 9.93. The molecule has 0 radical (unpaired) electrons. The molecule has 1 N–H and O–H groups in total. The molecule has 2 rings (SSSR count). The second kappa shape index (κ2) is 6.74. The molecule has 0 unspecified atom stereocenters. The van der Waals surface area contributed by atoms with Crippen LogP contribution in [0.5, 0.6) is 0 Å². The van der Waals surface area contributed by atoms with Crippen LogP contribution in [0.3, 0.4) is 0 Å². The standard InChI is InChI=1S/C14H19ClN4/c1-17-6-2-11-4-8-19(9-5-11)14-13(15)12(10-16)3-7-18-14/h3,7,11,17H,2,4-6,8-9H2,1H3. The molecule has 102 valence electrons. The number of aromatic nitrogens is 1. The van der Waals surface area contributed by atoms with E-state index in [2.05, 4.69) is 21.3 Å². The van der Waals surface area contributed by atoms with Crippen LogP contribution in [0.2, 0.25) is 5.02 Å². The lowest BCUT2D eigenvalue weighted by molar-refractivity contribution is 0.377. The minimum absolute atomic E-state index is 0.485. The zero-order valence-electron chi connectivity index (χ0n) is 11.2. The van der Waals surface area contributed by atoms with E-state index in [1.54, 1.807) is 12.3 Å². The van der Waals surface area contributed by atoms with Crippen molar-refractivity contribution < 1.29 is 0 Å². The summed E-state index contributed by atoms with van der Waals surface area (Å²) in [6, 6.07) is 3.76. The highest BCUT2D eigenvalue weighted by Crippen LogP contribution is 2.30. The van der Waals surface area contributed by atoms with Crippen LogP contribution in [-0.4, -0.2) is 31.7 Å². The number of pyridine rings is 1. The van der Waals surface area contributed by atoms with Crippen LogP contribution in [-0.2, 0) is 0 Å². The Morgan fingerprint density at radius 3 is 2.89 bits per heavy atom. The van der Waals surface area contributed by atoms with Gasteiger partial charge in [0.15, 0.2) is 0 Å². The van der Waals surface area contributed by atoms with E-state index in [9.17, 15) is 0 Å². The van der Waals surface area contributed by atoms with Crippen molar-refractivity contribution in [2.24, 2.45) is 5.92 Å². The van der Waals surface area contributed by atoms with Crippen LogP contribution in [0.25, 0.3) is 0 Å². The lowest BCUT2D eigenvalue weighted by Crippen LogP contribution is -2.35. The average Bonchev–Trinajstić information content (AvgIpc) is 2.46. The molecular weight excluding hydrogens is 260 g/mol. The van der Waals surface area contributed by atoms with Crippen LogP contribution < -0.4 is 10.2 Å². The van der Waals surface area contributed by atoms with Gasteiger partial charge in [0.2, 0.25) is 0 Å². The predicted molar refractivity (Wildman–Crippen MR) is 77.4 cm³/mol. The van der Waals surface area contributed by atoms with Gasteiger partial charge in [0, 0.05) is 19.3 Å². The first-order valence-electron chi connectivity index (χ1n) is 6.70. The number of halogens is 1. The number of nitriles is 1. The first kappa shape index (κ1) is 14.1. The Hall–Kier alpha value is -1.31. The number of piperidine rings is 1. The molecule has 0 atom stereocenters. The number of hydrogen-bond donors (Lipinski definition) is 1. The Morgan fingerprint density at radius 1 is 1.53 bits per heavy atom. The van der Waals surface area contributed by atoms with Crippen molar-refractivity contribution in [1.82, 2.24) is 10.3 Å². The first-order chi connectivity index (χ1) is 9.26. The van der Waals surface area contributed by atoms with Crippen molar-refractivity contribution in [2.75, 3.05) is 31.6 Å². The molecule has 4 nitrogen and oxygen atoms in total. The largest absolute Gasteiger partial charge is 0.355 e. The molecule has 0 aromatic carbocycles. The lowest BCUT2D eigenvalue weighted by Gasteiger charge is -2.33. The molecular formula is C14H19ClN4. The average molecular weight is 279 g/mol. The van der Waals surface area contributed by atoms with Gasteiger partial charge < -0.3 is 10.2 Å². The molecule has 0 saturated carbocycles. The number of nitrogens with one attached hydrogen (secondary N) is 1. The summed E-state index contributed by atoms with van der Waals surface area (Å²) in [6.45, 7) is 3.01. The van der Waals surface area contributed by atoms with Gasteiger partial charge in [0.1, 0.15) is 16.9 Å². The zero-order chi connectivity index (χ0) is 13.7. The van der Waals surface area contributed by atoms with E-state index >= 15 is 0 Å². The third kappa shape index (κ3) is 3.37. The van der Waals surface area contributed by atoms with E-state index in [1.807, 2.05) is 7.05 Å². The van der Waals surface area contributed by atoms with Crippen LogP contribution in [0.15, 0.2) is 12.3 Å². The second-order valence-corrected chi connectivity index (χ2v) is 5.31. The zero-order valence-corrected chi connectivity index (χ0v) is 12.0. The second-order valence-electron chi connectivity index (χ2n) is 4.93. The Morgan fingerprint density at radius 2 is 2.26 bits per heavy atom. The fourth-order valence-corrected chi connectivity index (χ4v) is 2.79. The Labute approximate surface area is 119 Å². The third-order valence-corrected chi connectivity index (χ3v) is 4.08. The van der Waals surface area contributed by atoms with Crippen molar-refractivity contribution >= 4 is 17.4 Å². The fourth-order valence-electron chi connectivity index (χ4n) is 2.52. The molecule has 1 saturated heterocycles. The van der Waals surface area contributed by atoms with Crippen molar-refractivity contribution in [3.63, 3.8) is 0 Å². The Balaban J connectivity index is 2.00. The van der Waals surface area contributed by atoms with E-state index in [1.165, 1.54) is 6.42 Å². The van der Waals surface area contributed by atoms with Crippen molar-refractivity contribution in [2.45, 2.75) is 19.3 Å². The van der Waals surface area contributed by atoms with Gasteiger partial charge in [-0.3, -0.25) is 0 Å². The summed E-state index contributed by atoms with van der Waals surface area (Å²) >= 11 is 6.23. The van der Waals surface area contributed by atoms with Gasteiger partial charge in [-0.05, 0) is 44.8 Å². The Kier molecular flexibility index (Phi) is 5.00. The maximum Gasteiger partial charge on any atom is 0.148 e. The topological polar surface area (TPSA) is 52.0 Å². The van der Waals surface area contributed by atoms with Crippen molar-refractivity contribution in [1.29, 1.82) is 5.26 Å². The minimum atomic E-state index is 0.485.